The Balaban J connectivity index is 1.84. The van der Waals surface area contributed by atoms with Crippen molar-refractivity contribution in [1.29, 1.82) is 0 Å². The number of amides is 1. The summed E-state index contributed by atoms with van der Waals surface area (Å²) >= 11 is 12.3. The van der Waals surface area contributed by atoms with Gasteiger partial charge in [0.25, 0.3) is 11.7 Å². The first-order valence-electron chi connectivity index (χ1n) is 10.8. The van der Waals surface area contributed by atoms with E-state index in [0.29, 0.717) is 17.0 Å². The normalized spacial score (nSPS) is 17.2. The summed E-state index contributed by atoms with van der Waals surface area (Å²) in [6.07, 6.45) is 0.446. The van der Waals surface area contributed by atoms with Crippen molar-refractivity contribution in [3.63, 3.8) is 0 Å². The molecule has 4 rings (SSSR count). The molecule has 1 N–H and O–H groups in total. The number of ketones is 1. The first-order valence-corrected chi connectivity index (χ1v) is 11.6. The molecule has 3 aromatic rings. The second kappa shape index (κ2) is 10.1. The maximum atomic E-state index is 13.7. The Hall–Kier alpha value is -3.35. The first kappa shape index (κ1) is 24.8. The monoisotopic (exact) mass is 513 g/mol. The van der Waals surface area contributed by atoms with Gasteiger partial charge in [-0.1, -0.05) is 47.5 Å². The molecule has 35 heavy (non-hydrogen) atoms. The fourth-order valence-corrected chi connectivity index (χ4v) is 4.74. The Morgan fingerprint density at radius 2 is 1.71 bits per heavy atom. The number of nitrogens with zero attached hydrogens (tertiary/aromatic N) is 1. The third-order valence-corrected chi connectivity index (χ3v) is 6.46. The maximum absolute atomic E-state index is 13.7. The number of rotatable bonds is 6. The largest absolute Gasteiger partial charge is 0.507 e. The summed E-state index contributed by atoms with van der Waals surface area (Å²) in [5, 5.41) is 12.2. The van der Waals surface area contributed by atoms with Crippen LogP contribution in [-0.4, -0.2) is 35.4 Å². The molecule has 0 bridgehead atoms. The molecule has 3 aromatic carbocycles. The fraction of sp³-hybridized carbons (Fsp3) is 0.185. The van der Waals surface area contributed by atoms with Crippen molar-refractivity contribution in [1.82, 2.24) is 4.90 Å². The summed E-state index contributed by atoms with van der Waals surface area (Å²) in [5.74, 6) is -2.28. The SMILES string of the molecule is COc1c(Cl)cc(C)cc1/C(O)=C1\C(=O)C(=O)N(CCc2ccc(Cl)cc2)C1c1ccc(F)cc1. The third-order valence-electron chi connectivity index (χ3n) is 5.93. The highest BCUT2D eigenvalue weighted by Gasteiger charge is 2.46. The molecule has 0 spiro atoms. The van der Waals surface area contributed by atoms with Crippen LogP contribution in [-0.2, 0) is 16.0 Å². The number of benzene rings is 3. The predicted octanol–water partition coefficient (Wildman–Crippen LogP) is 6.11. The van der Waals surface area contributed by atoms with Crippen LogP contribution in [0.2, 0.25) is 10.0 Å². The van der Waals surface area contributed by atoms with E-state index in [1.54, 1.807) is 31.2 Å². The van der Waals surface area contributed by atoms with E-state index in [1.807, 2.05) is 12.1 Å². The molecule has 1 fully saturated rings. The van der Waals surface area contributed by atoms with Crippen LogP contribution < -0.4 is 4.74 Å². The van der Waals surface area contributed by atoms with Gasteiger partial charge < -0.3 is 14.7 Å². The second-order valence-electron chi connectivity index (χ2n) is 8.25. The summed E-state index contributed by atoms with van der Waals surface area (Å²) in [7, 11) is 1.40. The number of likely N-dealkylation sites (tertiary alicyclic amines) is 1. The van der Waals surface area contributed by atoms with Gasteiger partial charge in [-0.3, -0.25) is 9.59 Å². The van der Waals surface area contributed by atoms with Crippen LogP contribution in [0.4, 0.5) is 4.39 Å². The zero-order valence-electron chi connectivity index (χ0n) is 19.0. The van der Waals surface area contributed by atoms with Crippen LogP contribution in [0.3, 0.4) is 0 Å². The van der Waals surface area contributed by atoms with Gasteiger partial charge in [-0.25, -0.2) is 4.39 Å². The number of aliphatic hydroxyl groups is 1. The van der Waals surface area contributed by atoms with E-state index in [9.17, 15) is 19.1 Å². The molecule has 0 aliphatic carbocycles. The van der Waals surface area contributed by atoms with Crippen LogP contribution in [0, 0.1) is 12.7 Å². The maximum Gasteiger partial charge on any atom is 0.295 e. The number of hydrogen-bond acceptors (Lipinski definition) is 4. The lowest BCUT2D eigenvalue weighted by Gasteiger charge is -2.25. The number of aryl methyl sites for hydroxylation is 1. The lowest BCUT2D eigenvalue weighted by molar-refractivity contribution is -0.139. The highest BCUT2D eigenvalue weighted by molar-refractivity contribution is 6.46. The topological polar surface area (TPSA) is 66.8 Å². The van der Waals surface area contributed by atoms with Crippen LogP contribution in [0.15, 0.2) is 66.2 Å². The van der Waals surface area contributed by atoms with Gasteiger partial charge in [-0.05, 0) is 66.4 Å². The van der Waals surface area contributed by atoms with Gasteiger partial charge in [0.15, 0.2) is 0 Å². The number of ether oxygens (including phenoxy) is 1. The van der Waals surface area contributed by atoms with Gasteiger partial charge in [0.05, 0.1) is 29.3 Å². The number of aliphatic hydroxyl groups excluding tert-OH is 1. The summed E-state index contributed by atoms with van der Waals surface area (Å²) in [4.78, 5) is 27.8. The first-order chi connectivity index (χ1) is 16.7. The Bertz CT molecular complexity index is 1320. The van der Waals surface area contributed by atoms with Crippen molar-refractivity contribution < 1.29 is 23.8 Å². The highest BCUT2D eigenvalue weighted by atomic mass is 35.5. The van der Waals surface area contributed by atoms with Gasteiger partial charge >= 0.3 is 0 Å². The molecule has 8 heteroatoms. The third kappa shape index (κ3) is 4.90. The summed E-state index contributed by atoms with van der Waals surface area (Å²) in [6.45, 7) is 1.97. The van der Waals surface area contributed by atoms with E-state index in [1.165, 1.54) is 36.3 Å². The number of halogens is 3. The standard InChI is InChI=1S/C27H22Cl2FNO4/c1-15-13-20(26(35-2)21(29)14-15)24(32)22-23(17-5-9-19(30)10-6-17)31(27(34)25(22)33)12-11-16-3-7-18(28)8-4-16/h3-10,13-14,23,32H,11-12H2,1-2H3/b24-22+. The lowest BCUT2D eigenvalue weighted by Crippen LogP contribution is -2.31. The molecule has 0 saturated carbocycles. The van der Waals surface area contributed by atoms with Crippen molar-refractivity contribution in [2.75, 3.05) is 13.7 Å². The van der Waals surface area contributed by atoms with Gasteiger partial charge in [0.1, 0.15) is 17.3 Å². The van der Waals surface area contributed by atoms with E-state index >= 15 is 0 Å². The smallest absolute Gasteiger partial charge is 0.295 e. The minimum absolute atomic E-state index is 0.113. The van der Waals surface area contributed by atoms with Gasteiger partial charge in [-0.2, -0.15) is 0 Å². The molecular weight excluding hydrogens is 492 g/mol. The fourth-order valence-electron chi connectivity index (χ4n) is 4.26. The van der Waals surface area contributed by atoms with E-state index in [4.69, 9.17) is 27.9 Å². The minimum atomic E-state index is -0.924. The quantitative estimate of drug-likeness (QED) is 0.245. The average molecular weight is 514 g/mol. The molecule has 5 nitrogen and oxygen atoms in total. The molecule has 1 amide bonds. The number of carbonyl (C=O) groups excluding carboxylic acids is 2. The molecule has 180 valence electrons. The van der Waals surface area contributed by atoms with Crippen molar-refractivity contribution in [2.24, 2.45) is 0 Å². The molecule has 1 aliphatic rings. The minimum Gasteiger partial charge on any atom is -0.507 e. The molecular formula is C27H22Cl2FNO4. The average Bonchev–Trinajstić information content (AvgIpc) is 3.08. The van der Waals surface area contributed by atoms with E-state index < -0.39 is 29.3 Å². The van der Waals surface area contributed by atoms with Crippen molar-refractivity contribution in [3.8, 4) is 5.75 Å². The number of methoxy groups -OCH3 is 1. The number of Topliss-reactive ketones (excluding diaryl/α,β-unsaturated/α-hetero) is 1. The lowest BCUT2D eigenvalue weighted by atomic mass is 9.94. The van der Waals surface area contributed by atoms with Gasteiger partial charge in [0.2, 0.25) is 0 Å². The summed E-state index contributed by atoms with van der Waals surface area (Å²) < 4.78 is 19.1. The van der Waals surface area contributed by atoms with E-state index in [2.05, 4.69) is 0 Å². The van der Waals surface area contributed by atoms with Crippen LogP contribution in [0.1, 0.15) is 28.3 Å². The van der Waals surface area contributed by atoms with Crippen molar-refractivity contribution in [3.05, 3.63) is 104 Å². The van der Waals surface area contributed by atoms with Crippen LogP contribution in [0.5, 0.6) is 5.75 Å². The zero-order valence-corrected chi connectivity index (χ0v) is 20.5. The summed E-state index contributed by atoms with van der Waals surface area (Å²) in [6, 6.07) is 15.0. The molecule has 1 atom stereocenters. The zero-order chi connectivity index (χ0) is 25.3. The second-order valence-corrected chi connectivity index (χ2v) is 9.09. The Morgan fingerprint density at radius 3 is 2.34 bits per heavy atom. The van der Waals surface area contributed by atoms with Gasteiger partial charge in [-0.15, -0.1) is 0 Å². The Kier molecular flexibility index (Phi) is 7.15. The Labute approximate surface area is 212 Å². The molecule has 0 aromatic heterocycles. The molecule has 0 radical (unpaired) electrons. The number of carbonyl (C=O) groups is 2. The van der Waals surface area contributed by atoms with E-state index in [-0.39, 0.29) is 28.5 Å². The molecule has 1 unspecified atom stereocenters. The molecule has 1 saturated heterocycles. The van der Waals surface area contributed by atoms with Crippen LogP contribution >= 0.6 is 23.2 Å². The molecule has 1 heterocycles. The van der Waals surface area contributed by atoms with Crippen molar-refractivity contribution in [2.45, 2.75) is 19.4 Å². The van der Waals surface area contributed by atoms with Crippen molar-refractivity contribution >= 4 is 40.7 Å². The van der Waals surface area contributed by atoms with Crippen LogP contribution in [0.25, 0.3) is 5.76 Å². The van der Waals surface area contributed by atoms with Gasteiger partial charge in [0, 0.05) is 11.6 Å². The van der Waals surface area contributed by atoms with E-state index in [0.717, 1.165) is 11.1 Å². The molecule has 1 aliphatic heterocycles. The summed E-state index contributed by atoms with van der Waals surface area (Å²) in [5.41, 5.74) is 2.22. The Morgan fingerprint density at radius 1 is 1.06 bits per heavy atom. The predicted molar refractivity (Wildman–Crippen MR) is 133 cm³/mol. The highest BCUT2D eigenvalue weighted by Crippen LogP contribution is 2.42. The number of hydrogen-bond donors (Lipinski definition) is 1.